The highest BCUT2D eigenvalue weighted by atomic mass is 19.1. The third-order valence-corrected chi connectivity index (χ3v) is 5.47. The molecule has 0 aliphatic heterocycles. The van der Waals surface area contributed by atoms with Crippen LogP contribution < -0.4 is 10.6 Å². The summed E-state index contributed by atoms with van der Waals surface area (Å²) < 4.78 is 27.8. The van der Waals surface area contributed by atoms with Crippen molar-refractivity contribution in [3.8, 4) is 0 Å². The Morgan fingerprint density at radius 3 is 2.68 bits per heavy atom. The van der Waals surface area contributed by atoms with Crippen LogP contribution in [0.2, 0.25) is 0 Å². The molecular formula is C21H19F2N3O2. The van der Waals surface area contributed by atoms with Crippen molar-refractivity contribution in [2.45, 2.75) is 25.8 Å². The summed E-state index contributed by atoms with van der Waals surface area (Å²) in [4.78, 5) is 29.4. The summed E-state index contributed by atoms with van der Waals surface area (Å²) in [5.74, 6) is -2.82. The Kier molecular flexibility index (Phi) is 4.66. The zero-order valence-electron chi connectivity index (χ0n) is 15.0. The molecule has 1 aromatic heterocycles. The number of aromatic nitrogens is 1. The Balaban J connectivity index is 1.51. The van der Waals surface area contributed by atoms with Crippen LogP contribution in [0.4, 0.5) is 8.78 Å². The van der Waals surface area contributed by atoms with Crippen molar-refractivity contribution < 1.29 is 18.4 Å². The third-order valence-electron chi connectivity index (χ3n) is 5.47. The van der Waals surface area contributed by atoms with Gasteiger partial charge in [-0.3, -0.25) is 14.6 Å². The molecule has 0 bridgehead atoms. The molecule has 2 unspecified atom stereocenters. The second-order valence-corrected chi connectivity index (χ2v) is 7.16. The molecule has 1 saturated carbocycles. The van der Waals surface area contributed by atoms with Gasteiger partial charge in [-0.15, -0.1) is 0 Å². The summed E-state index contributed by atoms with van der Waals surface area (Å²) in [5.41, 5.74) is -0.182. The normalized spacial score (nSPS) is 22.6. The van der Waals surface area contributed by atoms with Crippen LogP contribution in [0.15, 0.2) is 54.5 Å². The van der Waals surface area contributed by atoms with Gasteiger partial charge < -0.3 is 10.6 Å². The fraction of sp³-hybridized carbons (Fsp3) is 0.286. The number of carbonyl (C=O) groups is 2. The van der Waals surface area contributed by atoms with E-state index < -0.39 is 28.5 Å². The van der Waals surface area contributed by atoms with Crippen molar-refractivity contribution in [1.29, 1.82) is 0 Å². The number of nitrogens with zero attached hydrogens (tertiary/aromatic N) is 1. The van der Waals surface area contributed by atoms with Gasteiger partial charge >= 0.3 is 0 Å². The monoisotopic (exact) mass is 383 g/mol. The van der Waals surface area contributed by atoms with E-state index in [2.05, 4.69) is 15.6 Å². The van der Waals surface area contributed by atoms with Crippen LogP contribution >= 0.6 is 0 Å². The fourth-order valence-corrected chi connectivity index (χ4v) is 3.92. The van der Waals surface area contributed by atoms with E-state index in [9.17, 15) is 18.4 Å². The number of pyridine rings is 1. The summed E-state index contributed by atoms with van der Waals surface area (Å²) in [7, 11) is 0. The van der Waals surface area contributed by atoms with E-state index in [-0.39, 0.29) is 11.8 Å². The number of allylic oxidation sites excluding steroid dienone is 1. The van der Waals surface area contributed by atoms with Crippen LogP contribution in [0.3, 0.4) is 0 Å². The van der Waals surface area contributed by atoms with Crippen LogP contribution in [0.25, 0.3) is 0 Å². The first-order chi connectivity index (χ1) is 13.5. The largest absolute Gasteiger partial charge is 0.351 e. The van der Waals surface area contributed by atoms with Crippen LogP contribution in [0.5, 0.6) is 0 Å². The predicted molar refractivity (Wildman–Crippen MR) is 97.8 cm³/mol. The van der Waals surface area contributed by atoms with E-state index in [4.69, 9.17) is 0 Å². The molecule has 2 atom stereocenters. The minimum absolute atomic E-state index is 0.118. The first kappa shape index (κ1) is 18.3. The molecule has 5 nitrogen and oxygen atoms in total. The second kappa shape index (κ2) is 7.14. The molecule has 1 heterocycles. The second-order valence-electron chi connectivity index (χ2n) is 7.16. The summed E-state index contributed by atoms with van der Waals surface area (Å²) in [6, 6.07) is 6.91. The van der Waals surface area contributed by atoms with E-state index in [1.54, 1.807) is 24.5 Å². The van der Waals surface area contributed by atoms with Gasteiger partial charge in [-0.2, -0.15) is 0 Å². The number of fused-ring (bicyclic) bond motifs is 1. The Labute approximate surface area is 160 Å². The van der Waals surface area contributed by atoms with E-state index in [0.29, 0.717) is 25.1 Å². The maximum absolute atomic E-state index is 13.9. The summed E-state index contributed by atoms with van der Waals surface area (Å²) in [6.07, 6.45) is 7.26. The molecule has 7 heteroatoms. The van der Waals surface area contributed by atoms with Crippen molar-refractivity contribution >= 4 is 11.8 Å². The topological polar surface area (TPSA) is 71.1 Å². The SMILES string of the molecule is O=C(NC1=CCCC2CC12C(=O)NCc1cccnc1)c1c(F)cccc1F. The molecule has 2 amide bonds. The molecule has 4 rings (SSSR count). The predicted octanol–water partition coefficient (Wildman–Crippen LogP) is 3.09. The van der Waals surface area contributed by atoms with E-state index in [1.165, 1.54) is 6.07 Å². The minimum Gasteiger partial charge on any atom is -0.351 e. The molecule has 2 N–H and O–H groups in total. The van der Waals surface area contributed by atoms with Gasteiger partial charge in [0.2, 0.25) is 5.91 Å². The number of benzene rings is 1. The Hall–Kier alpha value is -3.09. The number of halogens is 2. The van der Waals surface area contributed by atoms with Gasteiger partial charge in [0.15, 0.2) is 0 Å². The van der Waals surface area contributed by atoms with Crippen molar-refractivity contribution in [1.82, 2.24) is 15.6 Å². The molecular weight excluding hydrogens is 364 g/mol. The first-order valence-corrected chi connectivity index (χ1v) is 9.15. The highest BCUT2D eigenvalue weighted by molar-refractivity contribution is 5.98. The molecule has 2 aliphatic rings. The van der Waals surface area contributed by atoms with Crippen LogP contribution in [0.1, 0.15) is 35.2 Å². The minimum atomic E-state index is -0.934. The first-order valence-electron chi connectivity index (χ1n) is 9.15. The smallest absolute Gasteiger partial charge is 0.261 e. The standard InChI is InChI=1S/C21H19F2N3O2/c22-15-6-2-7-16(23)18(15)19(27)26-17-8-1-5-14-10-21(14,17)20(28)25-12-13-4-3-9-24-11-13/h2-4,6-9,11,14H,1,5,10,12H2,(H,25,28)(H,26,27). The van der Waals surface area contributed by atoms with Crippen molar-refractivity contribution in [2.75, 3.05) is 0 Å². The van der Waals surface area contributed by atoms with Crippen LogP contribution in [-0.4, -0.2) is 16.8 Å². The van der Waals surface area contributed by atoms with Gasteiger partial charge in [0.1, 0.15) is 17.2 Å². The number of hydrogen-bond donors (Lipinski definition) is 2. The van der Waals surface area contributed by atoms with E-state index in [0.717, 1.165) is 24.1 Å². The van der Waals surface area contributed by atoms with Gasteiger partial charge in [-0.1, -0.05) is 18.2 Å². The molecule has 1 fully saturated rings. The van der Waals surface area contributed by atoms with E-state index in [1.807, 2.05) is 6.07 Å². The Morgan fingerprint density at radius 1 is 1.18 bits per heavy atom. The molecule has 1 aromatic carbocycles. The summed E-state index contributed by atoms with van der Waals surface area (Å²) >= 11 is 0. The molecule has 2 aromatic rings. The average molecular weight is 383 g/mol. The lowest BCUT2D eigenvalue weighted by Crippen LogP contribution is -2.41. The molecule has 144 valence electrons. The van der Waals surface area contributed by atoms with Crippen LogP contribution in [-0.2, 0) is 11.3 Å². The quantitative estimate of drug-likeness (QED) is 0.834. The fourth-order valence-electron chi connectivity index (χ4n) is 3.92. The van der Waals surface area contributed by atoms with Gasteiger partial charge in [-0.05, 0) is 48.9 Å². The third kappa shape index (κ3) is 3.17. The average Bonchev–Trinajstić information content (AvgIpc) is 3.44. The molecule has 0 spiro atoms. The number of rotatable bonds is 5. The Bertz CT molecular complexity index is 941. The number of hydrogen-bond acceptors (Lipinski definition) is 3. The highest BCUT2D eigenvalue weighted by Gasteiger charge is 2.63. The van der Waals surface area contributed by atoms with Gasteiger partial charge in [0.25, 0.3) is 5.91 Å². The maximum atomic E-state index is 13.9. The lowest BCUT2D eigenvalue weighted by molar-refractivity contribution is -0.126. The van der Waals surface area contributed by atoms with Crippen LogP contribution in [0, 0.1) is 23.0 Å². The zero-order valence-corrected chi connectivity index (χ0v) is 15.0. The number of amides is 2. The van der Waals surface area contributed by atoms with Gasteiger partial charge in [0, 0.05) is 24.6 Å². The van der Waals surface area contributed by atoms with Gasteiger partial charge in [0.05, 0.1) is 5.41 Å². The zero-order chi connectivity index (χ0) is 19.7. The van der Waals surface area contributed by atoms with Gasteiger partial charge in [-0.25, -0.2) is 8.78 Å². The van der Waals surface area contributed by atoms with Crippen molar-refractivity contribution in [3.63, 3.8) is 0 Å². The number of carbonyl (C=O) groups excluding carboxylic acids is 2. The summed E-state index contributed by atoms with van der Waals surface area (Å²) in [5, 5.41) is 5.49. The lowest BCUT2D eigenvalue weighted by Gasteiger charge is -2.25. The molecule has 0 saturated heterocycles. The molecule has 0 radical (unpaired) electrons. The summed E-state index contributed by atoms with van der Waals surface area (Å²) in [6.45, 7) is 0.324. The molecule has 2 aliphatic carbocycles. The molecule has 28 heavy (non-hydrogen) atoms. The van der Waals surface area contributed by atoms with Crippen molar-refractivity contribution in [2.24, 2.45) is 11.3 Å². The maximum Gasteiger partial charge on any atom is 0.261 e. The number of nitrogens with one attached hydrogen (secondary N) is 2. The lowest BCUT2D eigenvalue weighted by atomic mass is 9.90. The van der Waals surface area contributed by atoms with Crippen molar-refractivity contribution in [3.05, 3.63) is 77.3 Å². The highest BCUT2D eigenvalue weighted by Crippen LogP contribution is 2.61. The Morgan fingerprint density at radius 2 is 1.96 bits per heavy atom. The van der Waals surface area contributed by atoms with E-state index >= 15 is 0 Å².